The van der Waals surface area contributed by atoms with Gasteiger partial charge < -0.3 is 0 Å². The van der Waals surface area contributed by atoms with E-state index in [0.717, 1.165) is 35.0 Å². The molecule has 0 aliphatic heterocycles. The maximum atomic E-state index is 13.1. The molecule has 0 amide bonds. The van der Waals surface area contributed by atoms with Crippen LogP contribution in [0.1, 0.15) is 43.2 Å². The van der Waals surface area contributed by atoms with Gasteiger partial charge in [0.25, 0.3) is 5.56 Å². The van der Waals surface area contributed by atoms with Gasteiger partial charge in [-0.2, -0.15) is 0 Å². The van der Waals surface area contributed by atoms with Crippen molar-refractivity contribution in [2.24, 2.45) is 11.3 Å². The average Bonchev–Trinajstić information content (AvgIpc) is 2.97. The van der Waals surface area contributed by atoms with Crippen molar-refractivity contribution in [1.82, 2.24) is 15.0 Å². The van der Waals surface area contributed by atoms with Gasteiger partial charge in [0.1, 0.15) is 5.82 Å². The van der Waals surface area contributed by atoms with Gasteiger partial charge in [-0.05, 0) is 53.9 Å². The second-order valence-corrected chi connectivity index (χ2v) is 9.25. The van der Waals surface area contributed by atoms with E-state index in [-0.39, 0.29) is 16.8 Å². The van der Waals surface area contributed by atoms with Crippen molar-refractivity contribution in [2.75, 3.05) is 0 Å². The molecule has 6 heteroatoms. The highest BCUT2D eigenvalue weighted by Gasteiger charge is 2.31. The zero-order valence-electron chi connectivity index (χ0n) is 15.3. The van der Waals surface area contributed by atoms with Crippen molar-refractivity contribution in [1.29, 1.82) is 0 Å². The van der Waals surface area contributed by atoms with Crippen molar-refractivity contribution < 1.29 is 4.39 Å². The number of aryl methyl sites for hydroxylation is 1. The number of thiophene rings is 1. The van der Waals surface area contributed by atoms with Gasteiger partial charge in [-0.3, -0.25) is 4.79 Å². The molecule has 1 atom stereocenters. The number of hydrogen-bond acceptors (Lipinski definition) is 4. The van der Waals surface area contributed by atoms with E-state index in [1.165, 1.54) is 27.3 Å². The fraction of sp³-hybridized carbons (Fsp3) is 0.450. The second kappa shape index (κ2) is 6.27. The van der Waals surface area contributed by atoms with E-state index in [1.54, 1.807) is 23.5 Å². The van der Waals surface area contributed by atoms with Crippen LogP contribution in [0.5, 0.6) is 0 Å². The van der Waals surface area contributed by atoms with Gasteiger partial charge in [-0.15, -0.1) is 16.4 Å². The summed E-state index contributed by atoms with van der Waals surface area (Å²) >= 11 is 1.61. The number of nitrogens with zero attached hydrogens (tertiary/aromatic N) is 3. The molecular formula is C20H22FN3OS. The summed E-state index contributed by atoms with van der Waals surface area (Å²) in [6.45, 7) is 7.15. The summed E-state index contributed by atoms with van der Waals surface area (Å²) in [5.74, 6) is 0.334. The third-order valence-electron chi connectivity index (χ3n) is 5.41. The minimum atomic E-state index is -0.289. The van der Waals surface area contributed by atoms with Crippen molar-refractivity contribution in [3.05, 3.63) is 56.4 Å². The second-order valence-electron chi connectivity index (χ2n) is 8.17. The summed E-state index contributed by atoms with van der Waals surface area (Å²) in [5, 5.41) is 9.14. The SMILES string of the molecule is CC(C)(C)[C@@H]1CCc2c(sc3nnn(Cc4ccc(F)cc4)c(=O)c23)C1. The van der Waals surface area contributed by atoms with Crippen LogP contribution >= 0.6 is 11.3 Å². The van der Waals surface area contributed by atoms with E-state index >= 15 is 0 Å². The Hall–Kier alpha value is -2.08. The molecule has 0 bridgehead atoms. The quantitative estimate of drug-likeness (QED) is 0.679. The van der Waals surface area contributed by atoms with Crippen LogP contribution in [0.15, 0.2) is 29.1 Å². The molecule has 2 heterocycles. The van der Waals surface area contributed by atoms with E-state index in [1.807, 2.05) is 0 Å². The smallest absolute Gasteiger partial charge is 0.267 e. The number of benzene rings is 1. The highest BCUT2D eigenvalue weighted by Crippen LogP contribution is 2.41. The monoisotopic (exact) mass is 371 g/mol. The normalized spacial score (nSPS) is 17.5. The molecule has 136 valence electrons. The van der Waals surface area contributed by atoms with Gasteiger partial charge in [0, 0.05) is 4.88 Å². The maximum Gasteiger partial charge on any atom is 0.279 e. The van der Waals surface area contributed by atoms with Crippen LogP contribution in [0.25, 0.3) is 10.2 Å². The molecule has 0 radical (unpaired) electrons. The van der Waals surface area contributed by atoms with E-state index in [4.69, 9.17) is 0 Å². The number of fused-ring (bicyclic) bond motifs is 3. The largest absolute Gasteiger partial charge is 0.279 e. The van der Waals surface area contributed by atoms with Crippen LogP contribution in [-0.4, -0.2) is 15.0 Å². The number of halogens is 1. The molecule has 26 heavy (non-hydrogen) atoms. The Morgan fingerprint density at radius 3 is 2.69 bits per heavy atom. The standard InChI is InChI=1S/C20H22FN3OS/c1-20(2,3)13-6-9-15-16(10-13)26-18-17(15)19(25)24(23-22-18)11-12-4-7-14(21)8-5-12/h4-5,7-8,13H,6,9-11H2,1-3H3/t13-/m1/s1. The molecule has 4 nitrogen and oxygen atoms in total. The molecule has 0 N–H and O–H groups in total. The Morgan fingerprint density at radius 1 is 1.27 bits per heavy atom. The van der Waals surface area contributed by atoms with Gasteiger partial charge in [-0.1, -0.05) is 38.1 Å². The van der Waals surface area contributed by atoms with Gasteiger partial charge in [0.2, 0.25) is 0 Å². The minimum Gasteiger partial charge on any atom is -0.267 e. The fourth-order valence-corrected chi connectivity index (χ4v) is 4.97. The van der Waals surface area contributed by atoms with Crippen LogP contribution < -0.4 is 5.56 Å². The minimum absolute atomic E-state index is 0.0916. The van der Waals surface area contributed by atoms with E-state index < -0.39 is 0 Å². The topological polar surface area (TPSA) is 47.8 Å². The van der Waals surface area contributed by atoms with Crippen LogP contribution in [0.4, 0.5) is 4.39 Å². The van der Waals surface area contributed by atoms with Crippen LogP contribution in [0.2, 0.25) is 0 Å². The summed E-state index contributed by atoms with van der Waals surface area (Å²) < 4.78 is 14.5. The molecule has 1 aliphatic rings. The molecule has 1 aliphatic carbocycles. The molecule has 4 rings (SSSR count). The first-order valence-electron chi connectivity index (χ1n) is 8.95. The Bertz CT molecular complexity index is 1010. The van der Waals surface area contributed by atoms with E-state index in [9.17, 15) is 9.18 Å². The summed E-state index contributed by atoms with van der Waals surface area (Å²) in [7, 11) is 0. The van der Waals surface area contributed by atoms with Crippen LogP contribution in [0.3, 0.4) is 0 Å². The Morgan fingerprint density at radius 2 is 2.00 bits per heavy atom. The van der Waals surface area contributed by atoms with Gasteiger partial charge in [-0.25, -0.2) is 9.07 Å². The highest BCUT2D eigenvalue weighted by molar-refractivity contribution is 7.18. The number of rotatable bonds is 2. The molecule has 3 aromatic rings. The highest BCUT2D eigenvalue weighted by atomic mass is 32.1. The lowest BCUT2D eigenvalue weighted by Gasteiger charge is -2.33. The van der Waals surface area contributed by atoms with Gasteiger partial charge in [0.05, 0.1) is 11.9 Å². The molecular weight excluding hydrogens is 349 g/mol. The first-order valence-corrected chi connectivity index (χ1v) is 9.77. The van der Waals surface area contributed by atoms with Gasteiger partial charge in [0.15, 0.2) is 4.83 Å². The third-order valence-corrected chi connectivity index (χ3v) is 6.55. The molecule has 0 unspecified atom stereocenters. The lowest BCUT2D eigenvalue weighted by molar-refractivity contribution is 0.218. The number of aromatic nitrogens is 3. The van der Waals surface area contributed by atoms with E-state index in [0.29, 0.717) is 12.5 Å². The van der Waals surface area contributed by atoms with Gasteiger partial charge >= 0.3 is 0 Å². The predicted molar refractivity (Wildman–Crippen MR) is 102 cm³/mol. The summed E-state index contributed by atoms with van der Waals surface area (Å²) in [5.41, 5.74) is 2.17. The first kappa shape index (κ1) is 17.3. The molecule has 2 aromatic heterocycles. The molecule has 1 aromatic carbocycles. The zero-order valence-corrected chi connectivity index (χ0v) is 16.1. The van der Waals surface area contributed by atoms with Crippen LogP contribution in [-0.2, 0) is 19.4 Å². The van der Waals surface area contributed by atoms with Crippen molar-refractivity contribution in [2.45, 2.75) is 46.6 Å². The zero-order chi connectivity index (χ0) is 18.5. The summed E-state index contributed by atoms with van der Waals surface area (Å²) in [6, 6.07) is 6.13. The molecule has 0 saturated carbocycles. The Balaban J connectivity index is 1.72. The van der Waals surface area contributed by atoms with E-state index in [2.05, 4.69) is 31.1 Å². The van der Waals surface area contributed by atoms with Crippen molar-refractivity contribution in [3.63, 3.8) is 0 Å². The molecule has 0 spiro atoms. The third kappa shape index (κ3) is 3.07. The fourth-order valence-electron chi connectivity index (χ4n) is 3.73. The average molecular weight is 371 g/mol. The Kier molecular flexibility index (Phi) is 4.18. The lowest BCUT2D eigenvalue weighted by Crippen LogP contribution is -2.28. The van der Waals surface area contributed by atoms with Crippen molar-refractivity contribution >= 4 is 21.6 Å². The number of hydrogen-bond donors (Lipinski definition) is 0. The summed E-state index contributed by atoms with van der Waals surface area (Å²) in [6.07, 6.45) is 3.04. The molecule has 0 saturated heterocycles. The first-order chi connectivity index (χ1) is 12.3. The Labute approximate surface area is 155 Å². The lowest BCUT2D eigenvalue weighted by atomic mass is 9.72. The van der Waals surface area contributed by atoms with Crippen LogP contribution in [0, 0.1) is 17.2 Å². The summed E-state index contributed by atoms with van der Waals surface area (Å²) in [4.78, 5) is 15.0. The molecule has 0 fully saturated rings. The predicted octanol–water partition coefficient (Wildman–Crippen LogP) is 4.19. The maximum absolute atomic E-state index is 13.1. The van der Waals surface area contributed by atoms with Crippen molar-refractivity contribution in [3.8, 4) is 0 Å².